The molecule has 0 bridgehead atoms. The van der Waals surface area contributed by atoms with E-state index in [2.05, 4.69) is 30.9 Å². The molecule has 1 aromatic carbocycles. The van der Waals surface area contributed by atoms with Crippen molar-refractivity contribution < 1.29 is 9.26 Å². The number of methoxy groups -OCH3 is 1. The molecule has 0 spiro atoms. The fourth-order valence-corrected chi connectivity index (χ4v) is 2.25. The van der Waals surface area contributed by atoms with Crippen molar-refractivity contribution in [2.45, 2.75) is 46.5 Å². The van der Waals surface area contributed by atoms with Gasteiger partial charge >= 0.3 is 0 Å². The Labute approximate surface area is 126 Å². The smallest absolute Gasteiger partial charge is 0.231 e. The van der Waals surface area contributed by atoms with E-state index in [0.29, 0.717) is 17.7 Å². The third-order valence-corrected chi connectivity index (χ3v) is 3.37. The number of nitrogens with zero attached hydrogens (tertiary/aromatic N) is 2. The second kappa shape index (κ2) is 6.74. The van der Waals surface area contributed by atoms with Gasteiger partial charge in [0.05, 0.1) is 13.5 Å². The Hall–Kier alpha value is -1.84. The monoisotopic (exact) mass is 288 g/mol. The number of ether oxygens (including phenoxy) is 1. The summed E-state index contributed by atoms with van der Waals surface area (Å²) in [6, 6.07) is 7.89. The predicted molar refractivity (Wildman–Crippen MR) is 82.5 cm³/mol. The highest BCUT2D eigenvalue weighted by molar-refractivity contribution is 5.34. The normalized spacial score (nSPS) is 11.6. The van der Waals surface area contributed by atoms with E-state index in [1.807, 2.05) is 24.3 Å². The van der Waals surface area contributed by atoms with Gasteiger partial charge in [-0.25, -0.2) is 0 Å². The maximum Gasteiger partial charge on any atom is 0.231 e. The highest BCUT2D eigenvalue weighted by Crippen LogP contribution is 2.22. The van der Waals surface area contributed by atoms with Gasteiger partial charge in [-0.2, -0.15) is 4.98 Å². The molecule has 0 saturated carbocycles. The van der Waals surface area contributed by atoms with Gasteiger partial charge in [-0.05, 0) is 24.3 Å². The van der Waals surface area contributed by atoms with Gasteiger partial charge in [-0.15, -0.1) is 0 Å². The van der Waals surface area contributed by atoms with Crippen molar-refractivity contribution in [2.24, 2.45) is 5.41 Å². The molecule has 0 N–H and O–H groups in total. The molecule has 0 aliphatic rings. The Bertz CT molecular complexity index is 570. The summed E-state index contributed by atoms with van der Waals surface area (Å²) >= 11 is 0. The zero-order valence-corrected chi connectivity index (χ0v) is 13.3. The Morgan fingerprint density at radius 3 is 2.67 bits per heavy atom. The van der Waals surface area contributed by atoms with Crippen molar-refractivity contribution in [1.29, 1.82) is 0 Å². The summed E-state index contributed by atoms with van der Waals surface area (Å²) in [5.41, 5.74) is 1.41. The maximum absolute atomic E-state index is 5.34. The zero-order chi connectivity index (χ0) is 15.3. The molecule has 1 heterocycles. The number of hydrogen-bond acceptors (Lipinski definition) is 4. The number of benzene rings is 1. The first-order chi connectivity index (χ1) is 9.98. The van der Waals surface area contributed by atoms with Gasteiger partial charge in [0, 0.05) is 12.0 Å². The molecule has 0 atom stereocenters. The van der Waals surface area contributed by atoms with Gasteiger partial charge in [0.25, 0.3) is 0 Å². The molecule has 114 valence electrons. The minimum absolute atomic E-state index is 0.351. The van der Waals surface area contributed by atoms with Crippen LogP contribution in [0.4, 0.5) is 0 Å². The average molecular weight is 288 g/mol. The third-order valence-electron chi connectivity index (χ3n) is 3.37. The van der Waals surface area contributed by atoms with Crippen LogP contribution in [0.1, 0.15) is 50.9 Å². The van der Waals surface area contributed by atoms with Gasteiger partial charge in [0.15, 0.2) is 5.82 Å². The van der Waals surface area contributed by atoms with Crippen LogP contribution in [0.15, 0.2) is 28.8 Å². The molecule has 4 heteroatoms. The highest BCUT2D eigenvalue weighted by atomic mass is 16.5. The van der Waals surface area contributed by atoms with Crippen LogP contribution >= 0.6 is 0 Å². The van der Waals surface area contributed by atoms with Crippen molar-refractivity contribution in [2.75, 3.05) is 7.11 Å². The largest absolute Gasteiger partial charge is 0.496 e. The van der Waals surface area contributed by atoms with Crippen LogP contribution < -0.4 is 4.74 Å². The van der Waals surface area contributed by atoms with Gasteiger partial charge in [-0.3, -0.25) is 0 Å². The molecule has 0 amide bonds. The topological polar surface area (TPSA) is 48.2 Å². The molecular formula is C17H24N2O2. The quantitative estimate of drug-likeness (QED) is 0.805. The van der Waals surface area contributed by atoms with Crippen LogP contribution in [-0.4, -0.2) is 17.3 Å². The number of aromatic nitrogens is 2. The van der Waals surface area contributed by atoms with Gasteiger partial charge in [-0.1, -0.05) is 44.1 Å². The summed E-state index contributed by atoms with van der Waals surface area (Å²) in [4.78, 5) is 4.47. The fraction of sp³-hybridized carbons (Fsp3) is 0.529. The number of hydrogen-bond donors (Lipinski definition) is 0. The van der Waals surface area contributed by atoms with Crippen molar-refractivity contribution in [3.8, 4) is 5.75 Å². The number of aryl methyl sites for hydroxylation is 1. The molecule has 0 aliphatic heterocycles. The molecule has 2 rings (SSSR count). The molecule has 1 aromatic heterocycles. The summed E-state index contributed by atoms with van der Waals surface area (Å²) in [6.07, 6.45) is 3.71. The van der Waals surface area contributed by atoms with Crippen LogP contribution in [0.25, 0.3) is 0 Å². The molecule has 4 nitrogen and oxygen atoms in total. The van der Waals surface area contributed by atoms with Gasteiger partial charge in [0.2, 0.25) is 5.89 Å². The van der Waals surface area contributed by atoms with E-state index < -0.39 is 0 Å². The lowest BCUT2D eigenvalue weighted by molar-refractivity contribution is 0.356. The van der Waals surface area contributed by atoms with E-state index in [1.165, 1.54) is 0 Å². The fourth-order valence-electron chi connectivity index (χ4n) is 2.25. The lowest BCUT2D eigenvalue weighted by atomic mass is 9.90. The lowest BCUT2D eigenvalue weighted by Gasteiger charge is -2.16. The first-order valence-corrected chi connectivity index (χ1v) is 7.41. The summed E-state index contributed by atoms with van der Waals surface area (Å²) in [5.74, 6) is 2.29. The zero-order valence-electron chi connectivity index (χ0n) is 13.3. The average Bonchev–Trinajstić information content (AvgIpc) is 2.85. The maximum atomic E-state index is 5.34. The Kier molecular flexibility index (Phi) is 4.99. The van der Waals surface area contributed by atoms with E-state index in [-0.39, 0.29) is 0 Å². The van der Waals surface area contributed by atoms with E-state index in [0.717, 1.165) is 36.4 Å². The van der Waals surface area contributed by atoms with Crippen molar-refractivity contribution in [1.82, 2.24) is 10.1 Å². The lowest BCUT2D eigenvalue weighted by Crippen LogP contribution is -2.05. The molecular weight excluding hydrogens is 264 g/mol. The molecule has 0 saturated heterocycles. The SMILES string of the molecule is COc1ccccc1Cc1nc(CCCC(C)(C)C)no1. The minimum atomic E-state index is 0.351. The Balaban J connectivity index is 1.94. The van der Waals surface area contributed by atoms with Crippen LogP contribution in [-0.2, 0) is 12.8 Å². The molecule has 0 fully saturated rings. The second-order valence-electron chi connectivity index (χ2n) is 6.51. The van der Waals surface area contributed by atoms with Crippen LogP contribution in [0.2, 0.25) is 0 Å². The summed E-state index contributed by atoms with van der Waals surface area (Å²) in [6.45, 7) is 6.74. The van der Waals surface area contributed by atoms with Crippen LogP contribution in [0.5, 0.6) is 5.75 Å². The third kappa shape index (κ3) is 4.88. The summed E-state index contributed by atoms with van der Waals surface area (Å²) in [5, 5.41) is 4.06. The summed E-state index contributed by atoms with van der Waals surface area (Å²) in [7, 11) is 1.67. The number of para-hydroxylation sites is 1. The standard InChI is InChI=1S/C17H24N2O2/c1-17(2,3)11-7-10-15-18-16(21-19-15)12-13-8-5-6-9-14(13)20-4/h5-6,8-9H,7,10-12H2,1-4H3. The predicted octanol–water partition coefficient (Wildman–Crippen LogP) is 4.04. The van der Waals surface area contributed by atoms with Gasteiger partial charge < -0.3 is 9.26 Å². The van der Waals surface area contributed by atoms with Crippen molar-refractivity contribution in [3.05, 3.63) is 41.5 Å². The Morgan fingerprint density at radius 1 is 1.19 bits per heavy atom. The molecule has 0 aliphatic carbocycles. The van der Waals surface area contributed by atoms with Crippen LogP contribution in [0.3, 0.4) is 0 Å². The van der Waals surface area contributed by atoms with Crippen LogP contribution in [0, 0.1) is 5.41 Å². The van der Waals surface area contributed by atoms with E-state index in [9.17, 15) is 0 Å². The number of rotatable bonds is 6. The first kappa shape index (κ1) is 15.5. The molecule has 0 radical (unpaired) electrons. The first-order valence-electron chi connectivity index (χ1n) is 7.41. The van der Waals surface area contributed by atoms with E-state index in [4.69, 9.17) is 9.26 Å². The van der Waals surface area contributed by atoms with E-state index in [1.54, 1.807) is 7.11 Å². The van der Waals surface area contributed by atoms with Crippen molar-refractivity contribution in [3.63, 3.8) is 0 Å². The van der Waals surface area contributed by atoms with Crippen molar-refractivity contribution >= 4 is 0 Å². The molecule has 0 unspecified atom stereocenters. The van der Waals surface area contributed by atoms with E-state index >= 15 is 0 Å². The summed E-state index contributed by atoms with van der Waals surface area (Å²) < 4.78 is 10.7. The minimum Gasteiger partial charge on any atom is -0.496 e. The molecule has 21 heavy (non-hydrogen) atoms. The Morgan fingerprint density at radius 2 is 1.95 bits per heavy atom. The van der Waals surface area contributed by atoms with Gasteiger partial charge in [0.1, 0.15) is 5.75 Å². The highest BCUT2D eigenvalue weighted by Gasteiger charge is 2.13. The molecule has 2 aromatic rings. The second-order valence-corrected chi connectivity index (χ2v) is 6.51.